The molecule has 2 aliphatic rings. The number of fused-ring (bicyclic) bond motifs is 1. The first kappa shape index (κ1) is 19.5. The number of nitrogens with one attached hydrogen (secondary N) is 1. The number of carbonyl (C=O) groups is 1. The molecule has 0 saturated carbocycles. The lowest BCUT2D eigenvalue weighted by Gasteiger charge is -2.40. The first-order chi connectivity index (χ1) is 15.3. The van der Waals surface area contributed by atoms with Crippen LogP contribution >= 0.6 is 0 Å². The van der Waals surface area contributed by atoms with Crippen molar-refractivity contribution >= 4 is 11.6 Å². The summed E-state index contributed by atoms with van der Waals surface area (Å²) in [6, 6.07) is 19.9. The highest BCUT2D eigenvalue weighted by molar-refractivity contribution is 5.91. The van der Waals surface area contributed by atoms with Crippen LogP contribution in [0.15, 0.2) is 71.3 Å². The Labute approximate surface area is 181 Å². The summed E-state index contributed by atoms with van der Waals surface area (Å²) in [7, 11) is 0. The monoisotopic (exact) mass is 419 g/mol. The molecule has 0 spiro atoms. The standard InChI is InChI=1S/C24H25N3O4/c28-24(22-7-4-14-29-22)25-16-20(18-8-9-21-23(15-18)31-17-30-21)27-12-10-26(11-13-27)19-5-2-1-3-6-19/h1-9,14-15,20H,10-13,16-17H2,(H,25,28). The molecular weight excluding hydrogens is 394 g/mol. The second-order valence-corrected chi connectivity index (χ2v) is 7.67. The van der Waals surface area contributed by atoms with Gasteiger partial charge in [0.1, 0.15) is 0 Å². The minimum Gasteiger partial charge on any atom is -0.459 e. The highest BCUT2D eigenvalue weighted by Crippen LogP contribution is 2.35. The Bertz CT molecular complexity index is 1010. The maximum absolute atomic E-state index is 12.5. The van der Waals surface area contributed by atoms with Gasteiger partial charge in [-0.3, -0.25) is 9.69 Å². The summed E-state index contributed by atoms with van der Waals surface area (Å²) in [5.41, 5.74) is 2.34. The van der Waals surface area contributed by atoms with Crippen molar-refractivity contribution in [1.82, 2.24) is 10.2 Å². The summed E-state index contributed by atoms with van der Waals surface area (Å²) < 4.78 is 16.3. The van der Waals surface area contributed by atoms with Gasteiger partial charge >= 0.3 is 0 Å². The molecule has 3 aromatic rings. The van der Waals surface area contributed by atoms with Crippen LogP contribution in [-0.4, -0.2) is 50.3 Å². The Kier molecular flexibility index (Phi) is 5.50. The molecule has 1 N–H and O–H groups in total. The molecule has 1 amide bonds. The van der Waals surface area contributed by atoms with Crippen molar-refractivity contribution in [3.05, 3.63) is 78.3 Å². The molecule has 160 valence electrons. The van der Waals surface area contributed by atoms with Crippen molar-refractivity contribution < 1.29 is 18.7 Å². The molecule has 1 unspecified atom stereocenters. The van der Waals surface area contributed by atoms with Crippen LogP contribution in [-0.2, 0) is 0 Å². The number of rotatable bonds is 6. The number of anilines is 1. The van der Waals surface area contributed by atoms with Crippen LogP contribution in [0.5, 0.6) is 11.5 Å². The van der Waals surface area contributed by atoms with Crippen molar-refractivity contribution in [1.29, 1.82) is 0 Å². The summed E-state index contributed by atoms with van der Waals surface area (Å²) in [5.74, 6) is 1.62. The zero-order valence-electron chi connectivity index (χ0n) is 17.2. The van der Waals surface area contributed by atoms with E-state index in [1.54, 1.807) is 12.1 Å². The summed E-state index contributed by atoms with van der Waals surface area (Å²) in [6.45, 7) is 4.36. The van der Waals surface area contributed by atoms with Gasteiger partial charge in [0.25, 0.3) is 5.91 Å². The van der Waals surface area contributed by atoms with Crippen LogP contribution in [0, 0.1) is 0 Å². The molecule has 1 aromatic heterocycles. The SMILES string of the molecule is O=C(NCC(c1ccc2c(c1)OCO2)N1CCN(c2ccccc2)CC1)c1ccco1. The number of amides is 1. The lowest BCUT2D eigenvalue weighted by Crippen LogP contribution is -2.49. The zero-order chi connectivity index (χ0) is 21.0. The first-order valence-electron chi connectivity index (χ1n) is 10.5. The predicted octanol–water partition coefficient (Wildman–Crippen LogP) is 3.30. The maximum atomic E-state index is 12.5. The van der Waals surface area contributed by atoms with Crippen molar-refractivity contribution in [3.63, 3.8) is 0 Å². The zero-order valence-corrected chi connectivity index (χ0v) is 17.2. The van der Waals surface area contributed by atoms with E-state index >= 15 is 0 Å². The normalized spacial score (nSPS) is 16.8. The van der Waals surface area contributed by atoms with Crippen LogP contribution < -0.4 is 19.7 Å². The molecule has 1 fully saturated rings. The Morgan fingerprint density at radius 3 is 2.52 bits per heavy atom. The third kappa shape index (κ3) is 4.22. The molecule has 7 heteroatoms. The number of carbonyl (C=O) groups excluding carboxylic acids is 1. The molecule has 3 heterocycles. The fourth-order valence-corrected chi connectivity index (χ4v) is 4.19. The lowest BCUT2D eigenvalue weighted by atomic mass is 10.0. The molecule has 31 heavy (non-hydrogen) atoms. The van der Waals surface area contributed by atoms with E-state index in [-0.39, 0.29) is 18.7 Å². The number of furan rings is 1. The number of hydrogen-bond donors (Lipinski definition) is 1. The molecule has 5 rings (SSSR count). The number of nitrogens with zero attached hydrogens (tertiary/aromatic N) is 2. The van der Waals surface area contributed by atoms with Crippen LogP contribution in [0.25, 0.3) is 0 Å². The van der Waals surface area contributed by atoms with E-state index in [1.165, 1.54) is 12.0 Å². The van der Waals surface area contributed by atoms with E-state index in [0.29, 0.717) is 12.3 Å². The van der Waals surface area contributed by atoms with Crippen molar-refractivity contribution in [2.45, 2.75) is 6.04 Å². The summed E-state index contributed by atoms with van der Waals surface area (Å²) in [4.78, 5) is 17.3. The third-order valence-corrected chi connectivity index (χ3v) is 5.86. The molecule has 7 nitrogen and oxygen atoms in total. The van der Waals surface area contributed by atoms with Crippen LogP contribution in [0.1, 0.15) is 22.2 Å². The number of benzene rings is 2. The van der Waals surface area contributed by atoms with Gasteiger partial charge in [-0.15, -0.1) is 0 Å². The van der Waals surface area contributed by atoms with Gasteiger partial charge < -0.3 is 24.1 Å². The van der Waals surface area contributed by atoms with Gasteiger partial charge in [-0.05, 0) is 42.0 Å². The van der Waals surface area contributed by atoms with Gasteiger partial charge in [0.15, 0.2) is 17.3 Å². The molecular formula is C24H25N3O4. The number of piperazine rings is 1. The van der Waals surface area contributed by atoms with Gasteiger partial charge in [0.05, 0.1) is 12.3 Å². The van der Waals surface area contributed by atoms with Gasteiger partial charge in [0, 0.05) is 38.4 Å². The summed E-state index contributed by atoms with van der Waals surface area (Å²) in [6.07, 6.45) is 1.51. The van der Waals surface area contributed by atoms with Crippen LogP contribution in [0.4, 0.5) is 5.69 Å². The first-order valence-corrected chi connectivity index (χ1v) is 10.5. The average molecular weight is 419 g/mol. The smallest absolute Gasteiger partial charge is 0.287 e. The topological polar surface area (TPSA) is 67.2 Å². The van der Waals surface area contributed by atoms with Gasteiger partial charge in [0.2, 0.25) is 6.79 Å². The Morgan fingerprint density at radius 2 is 1.74 bits per heavy atom. The van der Waals surface area contributed by atoms with E-state index in [0.717, 1.165) is 43.2 Å². The second-order valence-electron chi connectivity index (χ2n) is 7.67. The molecule has 2 aliphatic heterocycles. The quantitative estimate of drug-likeness (QED) is 0.661. The fourth-order valence-electron chi connectivity index (χ4n) is 4.19. The minimum atomic E-state index is -0.210. The summed E-state index contributed by atoms with van der Waals surface area (Å²) in [5, 5.41) is 3.03. The number of hydrogen-bond acceptors (Lipinski definition) is 6. The predicted molar refractivity (Wildman–Crippen MR) is 117 cm³/mol. The molecule has 0 aliphatic carbocycles. The fraction of sp³-hybridized carbons (Fsp3) is 0.292. The highest BCUT2D eigenvalue weighted by Gasteiger charge is 2.27. The van der Waals surface area contributed by atoms with Gasteiger partial charge in [-0.1, -0.05) is 24.3 Å². The van der Waals surface area contributed by atoms with Crippen LogP contribution in [0.2, 0.25) is 0 Å². The molecule has 0 radical (unpaired) electrons. The van der Waals surface area contributed by atoms with E-state index in [4.69, 9.17) is 13.9 Å². The second kappa shape index (κ2) is 8.73. The minimum absolute atomic E-state index is 0.0198. The van der Waals surface area contributed by atoms with Crippen molar-refractivity contribution in [3.8, 4) is 11.5 Å². The molecule has 2 aromatic carbocycles. The van der Waals surface area contributed by atoms with Gasteiger partial charge in [-0.25, -0.2) is 0 Å². The molecule has 0 bridgehead atoms. The van der Waals surface area contributed by atoms with E-state index in [9.17, 15) is 4.79 Å². The average Bonchev–Trinajstić information content (AvgIpc) is 3.52. The molecule has 1 saturated heterocycles. The van der Waals surface area contributed by atoms with Crippen molar-refractivity contribution in [2.75, 3.05) is 44.4 Å². The highest BCUT2D eigenvalue weighted by atomic mass is 16.7. The summed E-state index contributed by atoms with van der Waals surface area (Å²) >= 11 is 0. The third-order valence-electron chi connectivity index (χ3n) is 5.86. The number of para-hydroxylation sites is 1. The Hall–Kier alpha value is -3.45. The van der Waals surface area contributed by atoms with E-state index < -0.39 is 0 Å². The molecule has 1 atom stereocenters. The van der Waals surface area contributed by atoms with Crippen LogP contribution in [0.3, 0.4) is 0 Å². The Balaban J connectivity index is 1.32. The van der Waals surface area contributed by atoms with Gasteiger partial charge in [-0.2, -0.15) is 0 Å². The maximum Gasteiger partial charge on any atom is 0.287 e. The van der Waals surface area contributed by atoms with Crippen molar-refractivity contribution in [2.24, 2.45) is 0 Å². The Morgan fingerprint density at radius 1 is 0.935 bits per heavy atom. The van der Waals surface area contributed by atoms with E-state index in [2.05, 4.69) is 45.4 Å². The largest absolute Gasteiger partial charge is 0.459 e. The number of ether oxygens (including phenoxy) is 2. The van der Waals surface area contributed by atoms with E-state index in [1.807, 2.05) is 18.2 Å². The lowest BCUT2D eigenvalue weighted by molar-refractivity contribution is 0.0902.